The van der Waals surface area contributed by atoms with Crippen LogP contribution in [0.1, 0.15) is 12.0 Å². The number of carbonyl (C=O) groups is 4. The zero-order chi connectivity index (χ0) is 24.4. The number of hydrogen-bond acceptors (Lipinski definition) is 10. The predicted octanol–water partition coefficient (Wildman–Crippen LogP) is -0.165. The lowest BCUT2D eigenvalue weighted by Crippen LogP contribution is -2.51. The van der Waals surface area contributed by atoms with E-state index in [1.807, 2.05) is 30.3 Å². The van der Waals surface area contributed by atoms with Crippen LogP contribution in [-0.4, -0.2) is 84.9 Å². The van der Waals surface area contributed by atoms with Crippen molar-refractivity contribution in [3.63, 3.8) is 0 Å². The molecule has 0 aromatic heterocycles. The van der Waals surface area contributed by atoms with Gasteiger partial charge in [0.2, 0.25) is 5.91 Å². The smallest absolute Gasteiger partial charge is 0.329 e. The summed E-state index contributed by atoms with van der Waals surface area (Å²) in [5, 5.41) is 11.0. The molecule has 2 N–H and O–H groups in total. The molecule has 0 fully saturated rings. The van der Waals surface area contributed by atoms with Gasteiger partial charge < -0.3 is 20.1 Å². The fraction of sp³-hybridized carbons (Fsp3) is 0.476. The van der Waals surface area contributed by atoms with Gasteiger partial charge in [-0.15, -0.1) is 0 Å². The maximum Gasteiger partial charge on any atom is 0.329 e. The first-order chi connectivity index (χ1) is 15.8. The molecule has 0 radical (unpaired) electrons. The molecule has 33 heavy (non-hydrogen) atoms. The quantitative estimate of drug-likeness (QED) is 0.248. The summed E-state index contributed by atoms with van der Waals surface area (Å²) in [5.74, 6) is -2.26. The summed E-state index contributed by atoms with van der Waals surface area (Å²) in [6.07, 6.45) is 0.574. The maximum atomic E-state index is 13.0. The van der Waals surface area contributed by atoms with E-state index >= 15 is 0 Å². The molecule has 180 valence electrons. The van der Waals surface area contributed by atoms with Gasteiger partial charge in [0.15, 0.2) is 0 Å². The van der Waals surface area contributed by atoms with Gasteiger partial charge in [0.05, 0.1) is 14.2 Å². The highest BCUT2D eigenvalue weighted by molar-refractivity contribution is 7.80. The highest BCUT2D eigenvalue weighted by Gasteiger charge is 2.37. The standard InChI is InChI=1S/C21H28N4O6S2/c1-30-20(28)15(11-32)22-18(26)14-10-17(19(27)23-16(12-33)21(29)31-2)25(24-14)9-8-13-6-4-3-5-7-13/h3-7,15-17,32-33H,8-12H2,1-2H3,(H,22,26)(H,23,27). The van der Waals surface area contributed by atoms with E-state index in [4.69, 9.17) is 0 Å². The van der Waals surface area contributed by atoms with Crippen LogP contribution >= 0.6 is 25.3 Å². The van der Waals surface area contributed by atoms with E-state index in [2.05, 4.69) is 50.5 Å². The highest BCUT2D eigenvalue weighted by atomic mass is 32.1. The number of nitrogens with zero attached hydrogens (tertiary/aromatic N) is 2. The van der Waals surface area contributed by atoms with Gasteiger partial charge in [-0.3, -0.25) is 14.6 Å². The van der Waals surface area contributed by atoms with Crippen molar-refractivity contribution in [1.29, 1.82) is 0 Å². The van der Waals surface area contributed by atoms with Crippen LogP contribution in [0.3, 0.4) is 0 Å². The van der Waals surface area contributed by atoms with Crippen molar-refractivity contribution in [3.8, 4) is 0 Å². The van der Waals surface area contributed by atoms with Crippen molar-refractivity contribution in [1.82, 2.24) is 15.6 Å². The molecule has 2 rings (SSSR count). The van der Waals surface area contributed by atoms with Crippen molar-refractivity contribution >= 4 is 54.7 Å². The first kappa shape index (κ1) is 26.5. The molecule has 3 atom stereocenters. The normalized spacial score (nSPS) is 16.9. The largest absolute Gasteiger partial charge is 0.467 e. The van der Waals surface area contributed by atoms with Gasteiger partial charge in [-0.1, -0.05) is 30.3 Å². The zero-order valence-electron chi connectivity index (χ0n) is 18.4. The highest BCUT2D eigenvalue weighted by Crippen LogP contribution is 2.18. The van der Waals surface area contributed by atoms with E-state index in [1.165, 1.54) is 19.2 Å². The van der Waals surface area contributed by atoms with E-state index in [-0.39, 0.29) is 23.6 Å². The monoisotopic (exact) mass is 496 g/mol. The lowest BCUT2D eigenvalue weighted by atomic mass is 10.1. The molecule has 1 heterocycles. The van der Waals surface area contributed by atoms with Crippen molar-refractivity contribution in [2.75, 3.05) is 32.3 Å². The third-order valence-corrected chi connectivity index (χ3v) is 5.72. The van der Waals surface area contributed by atoms with E-state index in [9.17, 15) is 19.2 Å². The number of nitrogens with one attached hydrogen (secondary N) is 2. The van der Waals surface area contributed by atoms with Gasteiger partial charge in [-0.25, -0.2) is 9.59 Å². The number of ether oxygens (including phenoxy) is 2. The molecule has 10 nitrogen and oxygen atoms in total. The van der Waals surface area contributed by atoms with Crippen LogP contribution in [0.5, 0.6) is 0 Å². The Kier molecular flexibility index (Phi) is 10.5. The van der Waals surface area contributed by atoms with Gasteiger partial charge >= 0.3 is 11.9 Å². The Morgan fingerprint density at radius 2 is 1.61 bits per heavy atom. The van der Waals surface area contributed by atoms with Crippen LogP contribution in [0.25, 0.3) is 0 Å². The van der Waals surface area contributed by atoms with Gasteiger partial charge in [-0.05, 0) is 12.0 Å². The molecule has 0 spiro atoms. The summed E-state index contributed by atoms with van der Waals surface area (Å²) >= 11 is 8.16. The third-order valence-electron chi connectivity index (χ3n) is 4.99. The summed E-state index contributed by atoms with van der Waals surface area (Å²) in [4.78, 5) is 49.3. The molecule has 2 amide bonds. The SMILES string of the molecule is COC(=O)C(CS)NC(=O)C1=NN(CCc2ccccc2)C(C(=O)NC(CS)C(=O)OC)C1. The van der Waals surface area contributed by atoms with Crippen LogP contribution in [0.4, 0.5) is 0 Å². The average Bonchev–Trinajstić information content (AvgIpc) is 3.28. The van der Waals surface area contributed by atoms with Crippen LogP contribution in [0.15, 0.2) is 35.4 Å². The second-order valence-electron chi connectivity index (χ2n) is 7.16. The molecule has 0 saturated heterocycles. The second kappa shape index (κ2) is 13.1. The number of benzene rings is 1. The molecule has 0 aliphatic carbocycles. The molecule has 1 aromatic rings. The first-order valence-corrected chi connectivity index (χ1v) is 11.5. The van der Waals surface area contributed by atoms with Crippen molar-refractivity contribution in [3.05, 3.63) is 35.9 Å². The molecule has 1 aromatic carbocycles. The van der Waals surface area contributed by atoms with Crippen LogP contribution < -0.4 is 10.6 Å². The topological polar surface area (TPSA) is 126 Å². The van der Waals surface area contributed by atoms with E-state index in [0.29, 0.717) is 13.0 Å². The molecular weight excluding hydrogens is 468 g/mol. The van der Waals surface area contributed by atoms with Crippen LogP contribution in [0, 0.1) is 0 Å². The van der Waals surface area contributed by atoms with Crippen LogP contribution in [-0.2, 0) is 35.1 Å². The lowest BCUT2D eigenvalue weighted by molar-refractivity contribution is -0.145. The predicted molar refractivity (Wildman–Crippen MR) is 128 cm³/mol. The molecule has 1 aliphatic heterocycles. The number of hydrazone groups is 1. The average molecular weight is 497 g/mol. The minimum Gasteiger partial charge on any atom is -0.467 e. The van der Waals surface area contributed by atoms with E-state index in [1.54, 1.807) is 0 Å². The van der Waals surface area contributed by atoms with Crippen molar-refractivity contribution < 1.29 is 28.7 Å². The Bertz CT molecular complexity index is 883. The minimum atomic E-state index is -0.952. The number of esters is 2. The fourth-order valence-corrected chi connectivity index (χ4v) is 3.65. The number of methoxy groups -OCH3 is 2. The maximum absolute atomic E-state index is 13.0. The zero-order valence-corrected chi connectivity index (χ0v) is 20.2. The number of carbonyl (C=O) groups excluding carboxylic acids is 4. The van der Waals surface area contributed by atoms with Crippen molar-refractivity contribution in [2.45, 2.75) is 31.0 Å². The molecule has 0 bridgehead atoms. The molecular formula is C21H28N4O6S2. The van der Waals surface area contributed by atoms with Gasteiger partial charge in [0.1, 0.15) is 23.8 Å². The molecule has 0 saturated carbocycles. The van der Waals surface area contributed by atoms with Gasteiger partial charge in [0.25, 0.3) is 5.91 Å². The molecule has 3 unspecified atom stereocenters. The number of amides is 2. The Balaban J connectivity index is 2.17. The fourth-order valence-electron chi connectivity index (χ4n) is 3.17. The molecule has 1 aliphatic rings. The minimum absolute atomic E-state index is 0.00656. The first-order valence-electron chi connectivity index (χ1n) is 10.2. The second-order valence-corrected chi connectivity index (χ2v) is 7.89. The number of thiol groups is 2. The number of hydrogen-bond donors (Lipinski definition) is 4. The molecule has 12 heteroatoms. The summed E-state index contributed by atoms with van der Waals surface area (Å²) in [6.45, 7) is 0.357. The number of rotatable bonds is 11. The van der Waals surface area contributed by atoms with E-state index in [0.717, 1.165) is 5.56 Å². The van der Waals surface area contributed by atoms with Crippen LogP contribution in [0.2, 0.25) is 0 Å². The summed E-state index contributed by atoms with van der Waals surface area (Å²) in [6, 6.07) is 6.90. The third kappa shape index (κ3) is 7.39. The Morgan fingerprint density at radius 3 is 2.15 bits per heavy atom. The lowest BCUT2D eigenvalue weighted by Gasteiger charge is -2.24. The Morgan fingerprint density at radius 1 is 1.03 bits per heavy atom. The summed E-state index contributed by atoms with van der Waals surface area (Å²) in [7, 11) is 2.43. The van der Waals surface area contributed by atoms with Gasteiger partial charge in [-0.2, -0.15) is 30.4 Å². The Labute approximate surface area is 203 Å². The summed E-state index contributed by atoms with van der Waals surface area (Å²) < 4.78 is 9.34. The van der Waals surface area contributed by atoms with Crippen molar-refractivity contribution in [2.24, 2.45) is 5.10 Å². The van der Waals surface area contributed by atoms with Gasteiger partial charge in [0, 0.05) is 24.5 Å². The van der Waals surface area contributed by atoms with E-state index < -0.39 is 41.9 Å². The Hall–Kier alpha value is -2.73. The summed E-state index contributed by atoms with van der Waals surface area (Å²) in [5.41, 5.74) is 1.12.